The van der Waals surface area contributed by atoms with Crippen LogP contribution in [0.2, 0.25) is 0 Å². The summed E-state index contributed by atoms with van der Waals surface area (Å²) in [6.45, 7) is 6.28. The van der Waals surface area contributed by atoms with Crippen molar-refractivity contribution in [1.82, 2.24) is 4.98 Å². The zero-order valence-corrected chi connectivity index (χ0v) is 14.9. The number of benzene rings is 2. The Morgan fingerprint density at radius 3 is 2.50 bits per heavy atom. The number of aryl methyl sites for hydroxylation is 3. The second-order valence-electron chi connectivity index (χ2n) is 5.84. The highest BCUT2D eigenvalue weighted by Gasteiger charge is 2.10. The highest BCUT2D eigenvalue weighted by Crippen LogP contribution is 2.26. The highest BCUT2D eigenvalue weighted by molar-refractivity contribution is 7.14. The molecule has 24 heavy (non-hydrogen) atoms. The number of anilines is 1. The van der Waals surface area contributed by atoms with Gasteiger partial charge in [0.2, 0.25) is 0 Å². The van der Waals surface area contributed by atoms with E-state index in [9.17, 15) is 4.79 Å². The minimum absolute atomic E-state index is 0.126. The van der Waals surface area contributed by atoms with Crippen LogP contribution >= 0.6 is 11.3 Å². The summed E-state index contributed by atoms with van der Waals surface area (Å²) in [6, 6.07) is 14.0. The standard InChI is InChI=1S/C20H20N2OS/c1-4-15-6-9-16(10-7-15)19(23)22-20-21-18(12-24-20)17-8-5-13(2)14(3)11-17/h5-12H,4H2,1-3H3,(H,21,22,23). The number of hydrogen-bond acceptors (Lipinski definition) is 3. The molecule has 1 N–H and O–H groups in total. The minimum Gasteiger partial charge on any atom is -0.298 e. The minimum atomic E-state index is -0.126. The molecule has 4 heteroatoms. The Kier molecular flexibility index (Phi) is 4.76. The van der Waals surface area contributed by atoms with E-state index in [1.54, 1.807) is 0 Å². The van der Waals surface area contributed by atoms with Gasteiger partial charge >= 0.3 is 0 Å². The Balaban J connectivity index is 1.75. The third kappa shape index (κ3) is 3.54. The zero-order chi connectivity index (χ0) is 17.1. The van der Waals surface area contributed by atoms with Crippen LogP contribution in [0.15, 0.2) is 47.8 Å². The number of carbonyl (C=O) groups excluding carboxylic acids is 1. The van der Waals surface area contributed by atoms with Crippen LogP contribution in [0, 0.1) is 13.8 Å². The average Bonchev–Trinajstić information content (AvgIpc) is 3.06. The number of rotatable bonds is 4. The molecule has 3 nitrogen and oxygen atoms in total. The summed E-state index contributed by atoms with van der Waals surface area (Å²) in [5, 5.41) is 5.47. The molecule has 0 radical (unpaired) electrons. The van der Waals surface area contributed by atoms with Crippen LogP contribution in [-0.4, -0.2) is 10.9 Å². The Labute approximate surface area is 146 Å². The van der Waals surface area contributed by atoms with Gasteiger partial charge in [-0.3, -0.25) is 10.1 Å². The Hall–Kier alpha value is -2.46. The molecule has 1 amide bonds. The van der Waals surface area contributed by atoms with Gasteiger partial charge in [0.1, 0.15) is 0 Å². The van der Waals surface area contributed by atoms with E-state index in [2.05, 4.69) is 49.3 Å². The summed E-state index contributed by atoms with van der Waals surface area (Å²) in [5.74, 6) is -0.126. The van der Waals surface area contributed by atoms with E-state index in [0.29, 0.717) is 10.7 Å². The molecule has 0 unspecified atom stereocenters. The van der Waals surface area contributed by atoms with Gasteiger partial charge in [-0.25, -0.2) is 4.98 Å². The second kappa shape index (κ2) is 6.97. The first-order valence-corrected chi connectivity index (χ1v) is 8.88. The van der Waals surface area contributed by atoms with Crippen molar-refractivity contribution in [3.63, 3.8) is 0 Å². The van der Waals surface area contributed by atoms with Crippen molar-refractivity contribution in [2.24, 2.45) is 0 Å². The lowest BCUT2D eigenvalue weighted by molar-refractivity contribution is 0.102. The van der Waals surface area contributed by atoms with E-state index in [1.807, 2.05) is 29.6 Å². The Morgan fingerprint density at radius 1 is 1.08 bits per heavy atom. The average molecular weight is 336 g/mol. The molecule has 3 rings (SSSR count). The predicted octanol–water partition coefficient (Wildman–Crippen LogP) is 5.24. The molecular formula is C20H20N2OS. The molecule has 0 bridgehead atoms. The number of thiazole rings is 1. The molecule has 0 aliphatic rings. The quantitative estimate of drug-likeness (QED) is 0.708. The van der Waals surface area contributed by atoms with Crippen LogP contribution in [0.3, 0.4) is 0 Å². The number of amides is 1. The van der Waals surface area contributed by atoms with Crippen molar-refractivity contribution >= 4 is 22.4 Å². The fourth-order valence-electron chi connectivity index (χ4n) is 2.43. The smallest absolute Gasteiger partial charge is 0.257 e. The summed E-state index contributed by atoms with van der Waals surface area (Å²) >= 11 is 1.44. The van der Waals surface area contributed by atoms with Gasteiger partial charge < -0.3 is 0 Å². The molecule has 3 aromatic rings. The van der Waals surface area contributed by atoms with Crippen LogP contribution < -0.4 is 5.32 Å². The van der Waals surface area contributed by atoms with E-state index in [-0.39, 0.29) is 5.91 Å². The van der Waals surface area contributed by atoms with Gasteiger partial charge in [0.05, 0.1) is 5.69 Å². The van der Waals surface area contributed by atoms with Gasteiger partial charge in [0.25, 0.3) is 5.91 Å². The van der Waals surface area contributed by atoms with Crippen LogP contribution in [0.5, 0.6) is 0 Å². The molecule has 1 aromatic heterocycles. The Morgan fingerprint density at radius 2 is 1.83 bits per heavy atom. The van der Waals surface area contributed by atoms with E-state index in [4.69, 9.17) is 0 Å². The van der Waals surface area contributed by atoms with E-state index < -0.39 is 0 Å². The summed E-state index contributed by atoms with van der Waals surface area (Å²) in [6.07, 6.45) is 0.966. The number of carbonyl (C=O) groups is 1. The monoisotopic (exact) mass is 336 g/mol. The van der Waals surface area contributed by atoms with Crippen molar-refractivity contribution in [3.05, 3.63) is 70.1 Å². The second-order valence-corrected chi connectivity index (χ2v) is 6.70. The third-order valence-corrected chi connectivity index (χ3v) is 4.91. The maximum atomic E-state index is 12.3. The van der Waals surface area contributed by atoms with Gasteiger partial charge in [-0.2, -0.15) is 0 Å². The number of nitrogens with zero attached hydrogens (tertiary/aromatic N) is 1. The van der Waals surface area contributed by atoms with Crippen molar-refractivity contribution in [1.29, 1.82) is 0 Å². The lowest BCUT2D eigenvalue weighted by atomic mass is 10.1. The largest absolute Gasteiger partial charge is 0.298 e. The summed E-state index contributed by atoms with van der Waals surface area (Å²) in [5.41, 5.74) is 6.33. The van der Waals surface area contributed by atoms with Crippen molar-refractivity contribution in [2.75, 3.05) is 5.32 Å². The molecular weight excluding hydrogens is 316 g/mol. The van der Waals surface area contributed by atoms with Crippen molar-refractivity contribution < 1.29 is 4.79 Å². The van der Waals surface area contributed by atoms with Crippen LogP contribution in [0.4, 0.5) is 5.13 Å². The molecule has 2 aromatic carbocycles. The van der Waals surface area contributed by atoms with Crippen molar-refractivity contribution in [2.45, 2.75) is 27.2 Å². The fraction of sp³-hybridized carbons (Fsp3) is 0.200. The number of hydrogen-bond donors (Lipinski definition) is 1. The molecule has 0 saturated heterocycles. The topological polar surface area (TPSA) is 42.0 Å². The molecule has 122 valence electrons. The van der Waals surface area contributed by atoms with Crippen LogP contribution in [0.25, 0.3) is 11.3 Å². The molecule has 0 saturated carbocycles. The summed E-state index contributed by atoms with van der Waals surface area (Å²) in [4.78, 5) is 16.9. The maximum Gasteiger partial charge on any atom is 0.257 e. The van der Waals surface area contributed by atoms with Crippen LogP contribution in [0.1, 0.15) is 34.0 Å². The highest BCUT2D eigenvalue weighted by atomic mass is 32.1. The van der Waals surface area contributed by atoms with E-state index >= 15 is 0 Å². The van der Waals surface area contributed by atoms with Gasteiger partial charge in [-0.05, 0) is 55.2 Å². The molecule has 0 aliphatic carbocycles. The Bertz CT molecular complexity index is 866. The summed E-state index contributed by atoms with van der Waals surface area (Å²) in [7, 11) is 0. The van der Waals surface area contributed by atoms with Crippen molar-refractivity contribution in [3.8, 4) is 11.3 Å². The van der Waals surface area contributed by atoms with E-state index in [1.165, 1.54) is 28.0 Å². The third-order valence-electron chi connectivity index (χ3n) is 4.15. The van der Waals surface area contributed by atoms with Gasteiger partial charge in [-0.15, -0.1) is 11.3 Å². The van der Waals surface area contributed by atoms with Gasteiger partial charge in [0, 0.05) is 16.5 Å². The zero-order valence-electron chi connectivity index (χ0n) is 14.1. The summed E-state index contributed by atoms with van der Waals surface area (Å²) < 4.78 is 0. The molecule has 0 aliphatic heterocycles. The fourth-order valence-corrected chi connectivity index (χ4v) is 3.14. The first kappa shape index (κ1) is 16.4. The normalized spacial score (nSPS) is 10.6. The lowest BCUT2D eigenvalue weighted by Crippen LogP contribution is -2.11. The first-order valence-electron chi connectivity index (χ1n) is 8.00. The van der Waals surface area contributed by atoms with E-state index in [0.717, 1.165) is 17.7 Å². The van der Waals surface area contributed by atoms with Gasteiger partial charge in [0.15, 0.2) is 5.13 Å². The molecule has 0 atom stereocenters. The maximum absolute atomic E-state index is 12.3. The SMILES string of the molecule is CCc1ccc(C(=O)Nc2nc(-c3ccc(C)c(C)c3)cs2)cc1. The van der Waals surface area contributed by atoms with Crippen LogP contribution in [-0.2, 0) is 6.42 Å². The number of nitrogens with one attached hydrogen (secondary N) is 1. The molecule has 0 spiro atoms. The number of aromatic nitrogens is 1. The molecule has 0 fully saturated rings. The lowest BCUT2D eigenvalue weighted by Gasteiger charge is -2.04. The first-order chi connectivity index (χ1) is 11.6. The predicted molar refractivity (Wildman–Crippen MR) is 101 cm³/mol. The molecule has 1 heterocycles. The van der Waals surface area contributed by atoms with Gasteiger partial charge in [-0.1, -0.05) is 31.2 Å².